The molecule has 4 nitrogen and oxygen atoms in total. The van der Waals surface area contributed by atoms with Crippen LogP contribution in [0.15, 0.2) is 48.5 Å². The van der Waals surface area contributed by atoms with Gasteiger partial charge in [-0.25, -0.2) is 0 Å². The van der Waals surface area contributed by atoms with Crippen LogP contribution in [0.4, 0.5) is 0 Å². The summed E-state index contributed by atoms with van der Waals surface area (Å²) in [6.45, 7) is 4.43. The van der Waals surface area contributed by atoms with Gasteiger partial charge in [-0.15, -0.1) is 0 Å². The SMILES string of the molecule is CCC(C(=O)NC1CCCCC1)N(Cc1ccccc1C)C(=O)Cc1cccc(Cl)c1. The molecule has 1 aliphatic rings. The van der Waals surface area contributed by atoms with Gasteiger partial charge in [-0.05, 0) is 55.0 Å². The molecule has 0 saturated heterocycles. The van der Waals surface area contributed by atoms with Crippen molar-refractivity contribution in [1.29, 1.82) is 0 Å². The standard InChI is InChI=1S/C26H33ClN2O2/c1-3-24(26(31)28-23-14-5-4-6-15-23)29(18-21-12-8-7-10-19(21)2)25(30)17-20-11-9-13-22(27)16-20/h7-13,16,23-24H,3-6,14-15,17-18H2,1-2H3,(H,28,31). The molecule has 31 heavy (non-hydrogen) atoms. The number of rotatable bonds is 8. The Morgan fingerprint density at radius 1 is 1.10 bits per heavy atom. The van der Waals surface area contributed by atoms with Crippen molar-refractivity contribution in [2.75, 3.05) is 0 Å². The minimum absolute atomic E-state index is 0.0394. The van der Waals surface area contributed by atoms with Gasteiger partial charge in [-0.2, -0.15) is 0 Å². The van der Waals surface area contributed by atoms with Crippen LogP contribution in [0, 0.1) is 6.92 Å². The molecule has 0 heterocycles. The first-order valence-corrected chi connectivity index (χ1v) is 11.7. The summed E-state index contributed by atoms with van der Waals surface area (Å²) < 4.78 is 0. The Bertz CT molecular complexity index is 892. The van der Waals surface area contributed by atoms with E-state index < -0.39 is 6.04 Å². The number of carbonyl (C=O) groups is 2. The molecule has 1 N–H and O–H groups in total. The second kappa shape index (κ2) is 11.3. The zero-order chi connectivity index (χ0) is 22.2. The maximum absolute atomic E-state index is 13.4. The highest BCUT2D eigenvalue weighted by Gasteiger charge is 2.30. The van der Waals surface area contributed by atoms with E-state index in [-0.39, 0.29) is 24.3 Å². The second-order valence-electron chi connectivity index (χ2n) is 8.52. The second-order valence-corrected chi connectivity index (χ2v) is 8.96. The summed E-state index contributed by atoms with van der Waals surface area (Å²) in [5.41, 5.74) is 3.03. The molecule has 1 atom stereocenters. The summed E-state index contributed by atoms with van der Waals surface area (Å²) in [5.74, 6) is -0.0985. The fourth-order valence-electron chi connectivity index (χ4n) is 4.36. The third-order valence-corrected chi connectivity index (χ3v) is 6.42. The smallest absolute Gasteiger partial charge is 0.243 e. The molecule has 0 spiro atoms. The lowest BCUT2D eigenvalue weighted by Gasteiger charge is -2.33. The third-order valence-electron chi connectivity index (χ3n) is 6.18. The van der Waals surface area contributed by atoms with Crippen LogP contribution in [0.2, 0.25) is 5.02 Å². The van der Waals surface area contributed by atoms with Crippen molar-refractivity contribution in [3.8, 4) is 0 Å². The Kier molecular flexibility index (Phi) is 8.53. The van der Waals surface area contributed by atoms with E-state index in [1.54, 1.807) is 11.0 Å². The number of hydrogen-bond acceptors (Lipinski definition) is 2. The molecule has 166 valence electrons. The van der Waals surface area contributed by atoms with Gasteiger partial charge >= 0.3 is 0 Å². The summed E-state index contributed by atoms with van der Waals surface area (Å²) in [4.78, 5) is 28.4. The van der Waals surface area contributed by atoms with E-state index in [1.807, 2.05) is 56.3 Å². The number of nitrogens with zero attached hydrogens (tertiary/aromatic N) is 1. The summed E-state index contributed by atoms with van der Waals surface area (Å²) in [7, 11) is 0. The van der Waals surface area contributed by atoms with Crippen LogP contribution in [0.25, 0.3) is 0 Å². The Labute approximate surface area is 191 Å². The number of carbonyl (C=O) groups excluding carboxylic acids is 2. The number of benzene rings is 2. The van der Waals surface area contributed by atoms with Crippen LogP contribution in [0.1, 0.15) is 62.1 Å². The van der Waals surface area contributed by atoms with E-state index in [0.29, 0.717) is 18.0 Å². The van der Waals surface area contributed by atoms with Gasteiger partial charge in [0, 0.05) is 17.6 Å². The lowest BCUT2D eigenvalue weighted by atomic mass is 9.95. The highest BCUT2D eigenvalue weighted by Crippen LogP contribution is 2.21. The minimum Gasteiger partial charge on any atom is -0.352 e. The molecule has 0 radical (unpaired) electrons. The molecule has 2 amide bonds. The fourth-order valence-corrected chi connectivity index (χ4v) is 4.57. The maximum Gasteiger partial charge on any atom is 0.243 e. The molecule has 0 bridgehead atoms. The van der Waals surface area contributed by atoms with Crippen LogP contribution < -0.4 is 5.32 Å². The monoisotopic (exact) mass is 440 g/mol. The molecule has 1 fully saturated rings. The van der Waals surface area contributed by atoms with Gasteiger partial charge in [0.25, 0.3) is 0 Å². The van der Waals surface area contributed by atoms with E-state index in [9.17, 15) is 9.59 Å². The van der Waals surface area contributed by atoms with Crippen LogP contribution in [0.3, 0.4) is 0 Å². The number of nitrogens with one attached hydrogen (secondary N) is 1. The highest BCUT2D eigenvalue weighted by molar-refractivity contribution is 6.30. The lowest BCUT2D eigenvalue weighted by molar-refractivity contribution is -0.141. The molecule has 0 aromatic heterocycles. The highest BCUT2D eigenvalue weighted by atomic mass is 35.5. The first-order chi connectivity index (χ1) is 15.0. The van der Waals surface area contributed by atoms with Crippen LogP contribution in [-0.4, -0.2) is 28.8 Å². The fraction of sp³-hybridized carbons (Fsp3) is 0.462. The third kappa shape index (κ3) is 6.57. The van der Waals surface area contributed by atoms with Crippen molar-refractivity contribution >= 4 is 23.4 Å². The van der Waals surface area contributed by atoms with Gasteiger partial charge in [0.15, 0.2) is 0 Å². The van der Waals surface area contributed by atoms with Crippen LogP contribution in [0.5, 0.6) is 0 Å². The topological polar surface area (TPSA) is 49.4 Å². The van der Waals surface area contributed by atoms with Gasteiger partial charge in [0.2, 0.25) is 11.8 Å². The quantitative estimate of drug-likeness (QED) is 0.593. The Morgan fingerprint density at radius 3 is 2.52 bits per heavy atom. The number of hydrogen-bond donors (Lipinski definition) is 1. The predicted octanol–water partition coefficient (Wildman–Crippen LogP) is 5.45. The Hall–Kier alpha value is -2.33. The Morgan fingerprint density at radius 2 is 1.84 bits per heavy atom. The summed E-state index contributed by atoms with van der Waals surface area (Å²) in [5, 5.41) is 3.83. The molecule has 1 unspecified atom stereocenters. The van der Waals surface area contributed by atoms with Crippen LogP contribution in [-0.2, 0) is 22.6 Å². The largest absolute Gasteiger partial charge is 0.352 e. The normalized spacial score (nSPS) is 15.3. The first-order valence-electron chi connectivity index (χ1n) is 11.4. The Balaban J connectivity index is 1.82. The van der Waals surface area contributed by atoms with E-state index in [2.05, 4.69) is 5.32 Å². The summed E-state index contributed by atoms with van der Waals surface area (Å²) in [6.07, 6.45) is 6.39. The average molecular weight is 441 g/mol. The number of halogens is 1. The van der Waals surface area contributed by atoms with Crippen molar-refractivity contribution in [3.05, 3.63) is 70.2 Å². The zero-order valence-corrected chi connectivity index (χ0v) is 19.3. The molecule has 5 heteroatoms. The zero-order valence-electron chi connectivity index (χ0n) is 18.6. The van der Waals surface area contributed by atoms with E-state index in [4.69, 9.17) is 11.6 Å². The van der Waals surface area contributed by atoms with E-state index >= 15 is 0 Å². The molecule has 3 rings (SSSR count). The van der Waals surface area contributed by atoms with Crippen molar-refractivity contribution < 1.29 is 9.59 Å². The summed E-state index contributed by atoms with van der Waals surface area (Å²) in [6, 6.07) is 15.1. The lowest BCUT2D eigenvalue weighted by Crippen LogP contribution is -2.52. The summed E-state index contributed by atoms with van der Waals surface area (Å²) >= 11 is 6.12. The van der Waals surface area contributed by atoms with Crippen molar-refractivity contribution in [2.45, 2.75) is 77.4 Å². The van der Waals surface area contributed by atoms with Crippen molar-refractivity contribution in [1.82, 2.24) is 10.2 Å². The molecule has 2 aromatic carbocycles. The maximum atomic E-state index is 13.4. The van der Waals surface area contributed by atoms with Crippen molar-refractivity contribution in [3.63, 3.8) is 0 Å². The molecule has 1 aliphatic carbocycles. The van der Waals surface area contributed by atoms with Crippen LogP contribution >= 0.6 is 11.6 Å². The van der Waals surface area contributed by atoms with Crippen molar-refractivity contribution in [2.24, 2.45) is 0 Å². The molecular weight excluding hydrogens is 408 g/mol. The molecule has 1 saturated carbocycles. The van der Waals surface area contributed by atoms with Gasteiger partial charge in [0.05, 0.1) is 6.42 Å². The van der Waals surface area contributed by atoms with Gasteiger partial charge in [-0.1, -0.05) is 74.2 Å². The molecule has 2 aromatic rings. The first kappa shape index (κ1) is 23.3. The van der Waals surface area contributed by atoms with Gasteiger partial charge in [0.1, 0.15) is 6.04 Å². The average Bonchev–Trinajstić information content (AvgIpc) is 2.75. The minimum atomic E-state index is -0.492. The van der Waals surface area contributed by atoms with E-state index in [1.165, 1.54) is 6.42 Å². The number of amides is 2. The van der Waals surface area contributed by atoms with Gasteiger partial charge in [-0.3, -0.25) is 9.59 Å². The molecular formula is C26H33ClN2O2. The number of aryl methyl sites for hydroxylation is 1. The van der Waals surface area contributed by atoms with E-state index in [0.717, 1.165) is 42.4 Å². The van der Waals surface area contributed by atoms with Gasteiger partial charge < -0.3 is 10.2 Å². The predicted molar refractivity (Wildman–Crippen MR) is 126 cm³/mol. The molecule has 0 aliphatic heterocycles.